The summed E-state index contributed by atoms with van der Waals surface area (Å²) >= 11 is 5.89. The van der Waals surface area contributed by atoms with Crippen LogP contribution in [-0.2, 0) is 11.9 Å². The summed E-state index contributed by atoms with van der Waals surface area (Å²) in [5.74, 6) is 0.524. The summed E-state index contributed by atoms with van der Waals surface area (Å²) in [4.78, 5) is 5.98. The number of halogens is 4. The van der Waals surface area contributed by atoms with Crippen molar-refractivity contribution in [2.45, 2.75) is 11.9 Å². The molecule has 0 aliphatic carbocycles. The number of fused-ring (bicyclic) bond motifs is 3. The fraction of sp³-hybridized carbons (Fsp3) is 0.235. The molecule has 4 rings (SSSR count). The van der Waals surface area contributed by atoms with Gasteiger partial charge in [-0.1, -0.05) is 29.8 Å². The molecule has 0 saturated carbocycles. The van der Waals surface area contributed by atoms with Crippen LogP contribution in [0.25, 0.3) is 0 Å². The molecule has 1 unspecified atom stereocenters. The standard InChI is InChI=1S/C17H12ClF3N2O/c18-12-4-1-10(2-5-12)16(24)14-9-11(17(19,20)21)3-6-13(14)15-22-7-8-23(15)16/h1-6,9,24H,7-8H2. The van der Waals surface area contributed by atoms with E-state index >= 15 is 0 Å². The summed E-state index contributed by atoms with van der Waals surface area (Å²) in [5.41, 5.74) is -1.30. The Morgan fingerprint density at radius 1 is 1.12 bits per heavy atom. The topological polar surface area (TPSA) is 35.8 Å². The number of alkyl halides is 3. The molecule has 2 aliphatic heterocycles. The first-order valence-electron chi connectivity index (χ1n) is 7.34. The van der Waals surface area contributed by atoms with Crippen molar-refractivity contribution in [2.24, 2.45) is 4.99 Å². The van der Waals surface area contributed by atoms with Gasteiger partial charge in [-0.3, -0.25) is 4.99 Å². The number of hydrogen-bond donors (Lipinski definition) is 1. The smallest absolute Gasteiger partial charge is 0.363 e. The molecule has 0 fully saturated rings. The molecule has 2 aromatic carbocycles. The minimum Gasteiger partial charge on any atom is -0.363 e. The Bertz CT molecular complexity index is 848. The van der Waals surface area contributed by atoms with Gasteiger partial charge in [0.25, 0.3) is 0 Å². The Morgan fingerprint density at radius 2 is 1.83 bits per heavy atom. The predicted molar refractivity (Wildman–Crippen MR) is 84.0 cm³/mol. The molecule has 2 heterocycles. The van der Waals surface area contributed by atoms with Crippen LogP contribution in [0, 0.1) is 0 Å². The normalized spacial score (nSPS) is 22.4. The van der Waals surface area contributed by atoms with Crippen molar-refractivity contribution in [3.8, 4) is 0 Å². The van der Waals surface area contributed by atoms with E-state index in [1.54, 1.807) is 29.2 Å². The maximum absolute atomic E-state index is 13.1. The lowest BCUT2D eigenvalue weighted by molar-refractivity contribution is -0.137. The van der Waals surface area contributed by atoms with Gasteiger partial charge in [0.15, 0.2) is 5.72 Å². The maximum atomic E-state index is 13.1. The van der Waals surface area contributed by atoms with Crippen molar-refractivity contribution in [1.82, 2.24) is 4.90 Å². The molecule has 2 aromatic rings. The predicted octanol–water partition coefficient (Wildman–Crippen LogP) is 3.63. The van der Waals surface area contributed by atoms with Crippen molar-refractivity contribution in [2.75, 3.05) is 13.1 Å². The SMILES string of the molecule is OC1(c2ccc(Cl)cc2)c2cc(C(F)(F)F)ccc2C2=NCCN21. The first-order valence-corrected chi connectivity index (χ1v) is 7.72. The zero-order valence-corrected chi connectivity index (χ0v) is 13.1. The van der Waals surface area contributed by atoms with Gasteiger partial charge < -0.3 is 10.0 Å². The molecule has 0 spiro atoms. The second kappa shape index (κ2) is 4.97. The quantitative estimate of drug-likeness (QED) is 0.850. The Labute approximate surface area is 141 Å². The van der Waals surface area contributed by atoms with E-state index < -0.39 is 17.5 Å². The van der Waals surface area contributed by atoms with Crippen molar-refractivity contribution in [3.05, 3.63) is 69.7 Å². The van der Waals surface area contributed by atoms with Crippen LogP contribution in [0.3, 0.4) is 0 Å². The molecule has 0 aromatic heterocycles. The molecule has 1 N–H and O–H groups in total. The zero-order valence-electron chi connectivity index (χ0n) is 12.3. The molecule has 0 saturated heterocycles. The lowest BCUT2D eigenvalue weighted by atomic mass is 9.92. The van der Waals surface area contributed by atoms with E-state index in [1.807, 2.05) is 0 Å². The number of nitrogens with zero attached hydrogens (tertiary/aromatic N) is 2. The number of aliphatic hydroxyl groups is 1. The second-order valence-electron chi connectivity index (χ2n) is 5.79. The number of aliphatic imine (C=N–C) groups is 1. The number of amidine groups is 1. The van der Waals surface area contributed by atoms with Crippen molar-refractivity contribution >= 4 is 17.4 Å². The van der Waals surface area contributed by atoms with Gasteiger partial charge in [-0.2, -0.15) is 13.2 Å². The van der Waals surface area contributed by atoms with Gasteiger partial charge in [0.2, 0.25) is 0 Å². The highest BCUT2D eigenvalue weighted by Crippen LogP contribution is 2.45. The van der Waals surface area contributed by atoms with Gasteiger partial charge in [-0.25, -0.2) is 0 Å². The molecule has 1 atom stereocenters. The lowest BCUT2D eigenvalue weighted by Gasteiger charge is -2.34. The molecule has 24 heavy (non-hydrogen) atoms. The summed E-state index contributed by atoms with van der Waals surface area (Å²) in [5, 5.41) is 11.9. The summed E-state index contributed by atoms with van der Waals surface area (Å²) in [7, 11) is 0. The third kappa shape index (κ3) is 2.06. The molecule has 2 aliphatic rings. The molecule has 0 radical (unpaired) electrons. The van der Waals surface area contributed by atoms with E-state index in [0.29, 0.717) is 35.1 Å². The fourth-order valence-electron chi connectivity index (χ4n) is 3.34. The Hall–Kier alpha value is -2.05. The van der Waals surface area contributed by atoms with Crippen LogP contribution < -0.4 is 0 Å². The van der Waals surface area contributed by atoms with Gasteiger partial charge in [0.1, 0.15) is 5.84 Å². The average molecular weight is 353 g/mol. The summed E-state index contributed by atoms with van der Waals surface area (Å²) in [6.07, 6.45) is -4.48. The minimum atomic E-state index is -4.48. The second-order valence-corrected chi connectivity index (χ2v) is 6.23. The van der Waals surface area contributed by atoms with Gasteiger partial charge in [0, 0.05) is 28.3 Å². The molecule has 0 amide bonds. The third-order valence-corrected chi connectivity index (χ3v) is 4.69. The van der Waals surface area contributed by atoms with Crippen molar-refractivity contribution in [3.63, 3.8) is 0 Å². The summed E-state index contributed by atoms with van der Waals surface area (Å²) in [6.45, 7) is 0.927. The van der Waals surface area contributed by atoms with Crippen LogP contribution in [-0.4, -0.2) is 28.9 Å². The zero-order chi connectivity index (χ0) is 17.1. The first-order chi connectivity index (χ1) is 11.3. The molecule has 124 valence electrons. The third-order valence-electron chi connectivity index (χ3n) is 4.44. The monoisotopic (exact) mass is 352 g/mol. The molecular formula is C17H12ClF3N2O. The highest BCUT2D eigenvalue weighted by molar-refractivity contribution is 6.30. The summed E-state index contributed by atoms with van der Waals surface area (Å²) in [6, 6.07) is 9.85. The van der Waals surface area contributed by atoms with Gasteiger partial charge >= 0.3 is 6.18 Å². The Morgan fingerprint density at radius 3 is 2.50 bits per heavy atom. The van der Waals surface area contributed by atoms with E-state index in [9.17, 15) is 18.3 Å². The van der Waals surface area contributed by atoms with Crippen molar-refractivity contribution < 1.29 is 18.3 Å². The van der Waals surface area contributed by atoms with Crippen LogP contribution in [0.15, 0.2) is 47.5 Å². The van der Waals surface area contributed by atoms with Crippen LogP contribution in [0.1, 0.15) is 22.3 Å². The first kappa shape index (κ1) is 15.5. The van der Waals surface area contributed by atoms with Crippen LogP contribution >= 0.6 is 11.6 Å². The highest BCUT2D eigenvalue weighted by atomic mass is 35.5. The van der Waals surface area contributed by atoms with E-state index in [-0.39, 0.29) is 5.56 Å². The van der Waals surface area contributed by atoms with Crippen LogP contribution in [0.2, 0.25) is 5.02 Å². The lowest BCUT2D eigenvalue weighted by Crippen LogP contribution is -2.43. The van der Waals surface area contributed by atoms with E-state index in [2.05, 4.69) is 4.99 Å². The Kier molecular flexibility index (Phi) is 3.21. The Balaban J connectivity index is 1.96. The molecule has 3 nitrogen and oxygen atoms in total. The number of hydrogen-bond acceptors (Lipinski definition) is 3. The van der Waals surface area contributed by atoms with Crippen LogP contribution in [0.4, 0.5) is 13.2 Å². The average Bonchev–Trinajstić information content (AvgIpc) is 3.10. The molecule has 0 bridgehead atoms. The van der Waals surface area contributed by atoms with Crippen molar-refractivity contribution in [1.29, 1.82) is 0 Å². The van der Waals surface area contributed by atoms with E-state index in [1.165, 1.54) is 6.07 Å². The fourth-order valence-corrected chi connectivity index (χ4v) is 3.46. The number of benzene rings is 2. The highest BCUT2D eigenvalue weighted by Gasteiger charge is 2.50. The van der Waals surface area contributed by atoms with Gasteiger partial charge in [-0.05, 0) is 24.3 Å². The summed E-state index contributed by atoms with van der Waals surface area (Å²) < 4.78 is 39.3. The molecule has 7 heteroatoms. The van der Waals surface area contributed by atoms with E-state index in [4.69, 9.17) is 11.6 Å². The van der Waals surface area contributed by atoms with Gasteiger partial charge in [0.05, 0.1) is 12.1 Å². The maximum Gasteiger partial charge on any atom is 0.416 e. The van der Waals surface area contributed by atoms with E-state index in [0.717, 1.165) is 12.1 Å². The molecular weight excluding hydrogens is 341 g/mol. The largest absolute Gasteiger partial charge is 0.416 e. The van der Waals surface area contributed by atoms with Crippen LogP contribution in [0.5, 0.6) is 0 Å². The number of rotatable bonds is 1. The van der Waals surface area contributed by atoms with Gasteiger partial charge in [-0.15, -0.1) is 0 Å². The minimum absolute atomic E-state index is 0.193.